The summed E-state index contributed by atoms with van der Waals surface area (Å²) < 4.78 is 6.29. The zero-order chi connectivity index (χ0) is 9.10. The van der Waals surface area contributed by atoms with Crippen LogP contribution in [-0.2, 0) is 11.3 Å². The summed E-state index contributed by atoms with van der Waals surface area (Å²) in [6, 6.07) is 0. The molecule has 0 atom stereocenters. The molecule has 0 aliphatic heterocycles. The molecule has 0 aromatic carbocycles. The van der Waals surface area contributed by atoms with Crippen molar-refractivity contribution in [2.45, 2.75) is 38.4 Å². The third-order valence-electron chi connectivity index (χ3n) is 2.29. The predicted octanol–water partition coefficient (Wildman–Crippen LogP) is 3.26. The molecule has 2 rings (SSSR count). The van der Waals surface area contributed by atoms with Crippen LogP contribution in [0.15, 0.2) is 5.38 Å². The van der Waals surface area contributed by atoms with Crippen LogP contribution < -0.4 is 0 Å². The van der Waals surface area contributed by atoms with Crippen molar-refractivity contribution in [1.82, 2.24) is 4.98 Å². The van der Waals surface area contributed by atoms with Gasteiger partial charge in [-0.3, -0.25) is 0 Å². The summed E-state index contributed by atoms with van der Waals surface area (Å²) in [7, 11) is 0. The SMILES string of the molecule is Clc1nc(COC2CCCC2)cs1. The number of ether oxygens (including phenoxy) is 1. The fourth-order valence-electron chi connectivity index (χ4n) is 1.61. The summed E-state index contributed by atoms with van der Waals surface area (Å²) in [5.41, 5.74) is 0.960. The molecule has 1 aromatic rings. The van der Waals surface area contributed by atoms with Gasteiger partial charge in [-0.2, -0.15) is 0 Å². The summed E-state index contributed by atoms with van der Waals surface area (Å²) in [5.74, 6) is 0. The zero-order valence-electron chi connectivity index (χ0n) is 7.33. The second kappa shape index (κ2) is 4.40. The number of aromatic nitrogens is 1. The lowest BCUT2D eigenvalue weighted by atomic mass is 10.3. The van der Waals surface area contributed by atoms with E-state index in [1.807, 2.05) is 5.38 Å². The third kappa shape index (κ3) is 2.66. The average molecular weight is 218 g/mol. The molecule has 0 saturated heterocycles. The van der Waals surface area contributed by atoms with E-state index in [1.54, 1.807) is 0 Å². The normalized spacial score (nSPS) is 18.2. The first kappa shape index (κ1) is 9.44. The first-order valence-electron chi connectivity index (χ1n) is 4.56. The van der Waals surface area contributed by atoms with Gasteiger partial charge < -0.3 is 4.74 Å². The molecule has 0 radical (unpaired) electrons. The molecule has 1 aromatic heterocycles. The molecular weight excluding hydrogens is 206 g/mol. The van der Waals surface area contributed by atoms with E-state index in [0.717, 1.165) is 5.69 Å². The lowest BCUT2D eigenvalue weighted by Gasteiger charge is -2.08. The summed E-state index contributed by atoms with van der Waals surface area (Å²) in [5, 5.41) is 1.96. The van der Waals surface area contributed by atoms with Gasteiger partial charge >= 0.3 is 0 Å². The Morgan fingerprint density at radius 3 is 2.92 bits per heavy atom. The summed E-state index contributed by atoms with van der Waals surface area (Å²) in [4.78, 5) is 4.13. The van der Waals surface area contributed by atoms with E-state index in [1.165, 1.54) is 37.0 Å². The Bertz CT molecular complexity index is 270. The highest BCUT2D eigenvalue weighted by atomic mass is 35.5. The van der Waals surface area contributed by atoms with Crippen LogP contribution in [0.4, 0.5) is 0 Å². The maximum atomic E-state index is 5.71. The monoisotopic (exact) mass is 217 g/mol. The van der Waals surface area contributed by atoms with Gasteiger partial charge in [-0.15, -0.1) is 11.3 Å². The van der Waals surface area contributed by atoms with Crippen LogP contribution >= 0.6 is 22.9 Å². The number of thiazole rings is 1. The molecule has 4 heteroatoms. The molecule has 1 aliphatic carbocycles. The number of rotatable bonds is 3. The molecule has 72 valence electrons. The van der Waals surface area contributed by atoms with Gasteiger partial charge in [0.25, 0.3) is 0 Å². The minimum Gasteiger partial charge on any atom is -0.372 e. The van der Waals surface area contributed by atoms with Gasteiger partial charge in [0.2, 0.25) is 0 Å². The minimum absolute atomic E-state index is 0.459. The Hall–Kier alpha value is -0.120. The van der Waals surface area contributed by atoms with Crippen molar-refractivity contribution in [3.05, 3.63) is 15.5 Å². The van der Waals surface area contributed by atoms with E-state index in [4.69, 9.17) is 16.3 Å². The molecular formula is C9H12ClNOS. The van der Waals surface area contributed by atoms with E-state index in [9.17, 15) is 0 Å². The predicted molar refractivity (Wildman–Crippen MR) is 54.2 cm³/mol. The van der Waals surface area contributed by atoms with Crippen molar-refractivity contribution in [2.24, 2.45) is 0 Å². The van der Waals surface area contributed by atoms with Gasteiger partial charge in [-0.25, -0.2) is 4.98 Å². The average Bonchev–Trinajstić information content (AvgIpc) is 2.71. The standard InChI is InChI=1S/C9H12ClNOS/c10-9-11-7(6-13-9)5-12-8-3-1-2-4-8/h6,8H,1-5H2. The van der Waals surface area contributed by atoms with E-state index < -0.39 is 0 Å². The number of halogens is 1. The molecule has 0 N–H and O–H groups in total. The Labute approximate surface area is 86.9 Å². The van der Waals surface area contributed by atoms with Gasteiger partial charge in [-0.05, 0) is 12.8 Å². The van der Waals surface area contributed by atoms with Gasteiger partial charge in [0.1, 0.15) is 0 Å². The number of hydrogen-bond acceptors (Lipinski definition) is 3. The molecule has 0 spiro atoms. The van der Waals surface area contributed by atoms with E-state index in [0.29, 0.717) is 17.2 Å². The van der Waals surface area contributed by atoms with E-state index >= 15 is 0 Å². The summed E-state index contributed by atoms with van der Waals surface area (Å²) >= 11 is 7.17. The fraction of sp³-hybridized carbons (Fsp3) is 0.667. The van der Waals surface area contributed by atoms with Crippen LogP contribution in [-0.4, -0.2) is 11.1 Å². The second-order valence-corrected chi connectivity index (χ2v) is 4.75. The first-order chi connectivity index (χ1) is 6.34. The molecule has 1 saturated carbocycles. The highest BCUT2D eigenvalue weighted by Gasteiger charge is 2.15. The van der Waals surface area contributed by atoms with E-state index in [-0.39, 0.29) is 0 Å². The van der Waals surface area contributed by atoms with Gasteiger partial charge in [0.15, 0.2) is 4.47 Å². The Balaban J connectivity index is 1.78. The Kier molecular flexibility index (Phi) is 3.19. The molecule has 2 nitrogen and oxygen atoms in total. The minimum atomic E-state index is 0.459. The Morgan fingerprint density at radius 1 is 1.54 bits per heavy atom. The largest absolute Gasteiger partial charge is 0.372 e. The fourth-order valence-corrected chi connectivity index (χ4v) is 2.37. The van der Waals surface area contributed by atoms with E-state index in [2.05, 4.69) is 4.98 Å². The van der Waals surface area contributed by atoms with Crippen LogP contribution in [0.5, 0.6) is 0 Å². The van der Waals surface area contributed by atoms with Gasteiger partial charge in [0.05, 0.1) is 18.4 Å². The van der Waals surface area contributed by atoms with Gasteiger partial charge in [-0.1, -0.05) is 24.4 Å². The molecule has 0 unspecified atom stereocenters. The van der Waals surface area contributed by atoms with Gasteiger partial charge in [0, 0.05) is 5.38 Å². The highest BCUT2D eigenvalue weighted by Crippen LogP contribution is 2.23. The molecule has 1 fully saturated rings. The van der Waals surface area contributed by atoms with Crippen LogP contribution in [0, 0.1) is 0 Å². The zero-order valence-corrected chi connectivity index (χ0v) is 8.90. The molecule has 1 aliphatic rings. The van der Waals surface area contributed by atoms with Crippen molar-refractivity contribution < 1.29 is 4.74 Å². The lowest BCUT2D eigenvalue weighted by Crippen LogP contribution is -2.07. The maximum Gasteiger partial charge on any atom is 0.183 e. The smallest absolute Gasteiger partial charge is 0.183 e. The van der Waals surface area contributed by atoms with Crippen molar-refractivity contribution in [3.8, 4) is 0 Å². The quantitative estimate of drug-likeness (QED) is 0.776. The van der Waals surface area contributed by atoms with Crippen LogP contribution in [0.2, 0.25) is 4.47 Å². The van der Waals surface area contributed by atoms with Crippen molar-refractivity contribution in [3.63, 3.8) is 0 Å². The van der Waals surface area contributed by atoms with Crippen molar-refractivity contribution in [2.75, 3.05) is 0 Å². The summed E-state index contributed by atoms with van der Waals surface area (Å²) in [6.07, 6.45) is 5.49. The molecule has 0 bridgehead atoms. The maximum absolute atomic E-state index is 5.71. The molecule has 0 amide bonds. The van der Waals surface area contributed by atoms with Crippen LogP contribution in [0.3, 0.4) is 0 Å². The number of nitrogens with zero attached hydrogens (tertiary/aromatic N) is 1. The lowest BCUT2D eigenvalue weighted by molar-refractivity contribution is 0.0440. The Morgan fingerprint density at radius 2 is 2.31 bits per heavy atom. The molecule has 1 heterocycles. The number of hydrogen-bond donors (Lipinski definition) is 0. The summed E-state index contributed by atoms with van der Waals surface area (Å²) in [6.45, 7) is 0.619. The van der Waals surface area contributed by atoms with Crippen molar-refractivity contribution in [1.29, 1.82) is 0 Å². The topological polar surface area (TPSA) is 22.1 Å². The molecule has 13 heavy (non-hydrogen) atoms. The van der Waals surface area contributed by atoms with Crippen molar-refractivity contribution >= 4 is 22.9 Å². The van der Waals surface area contributed by atoms with Crippen LogP contribution in [0.25, 0.3) is 0 Å². The first-order valence-corrected chi connectivity index (χ1v) is 5.82. The second-order valence-electron chi connectivity index (χ2n) is 3.31. The highest BCUT2D eigenvalue weighted by molar-refractivity contribution is 7.13. The third-order valence-corrected chi connectivity index (χ3v) is 3.32. The van der Waals surface area contributed by atoms with Crippen LogP contribution in [0.1, 0.15) is 31.4 Å².